The summed E-state index contributed by atoms with van der Waals surface area (Å²) >= 11 is 0. The van der Waals surface area contributed by atoms with Crippen molar-refractivity contribution in [3.63, 3.8) is 0 Å². The zero-order valence-electron chi connectivity index (χ0n) is 13.3. The van der Waals surface area contributed by atoms with E-state index < -0.39 is 0 Å². The average molecular weight is 266 g/mol. The van der Waals surface area contributed by atoms with Crippen molar-refractivity contribution in [1.82, 2.24) is 10.6 Å². The molecule has 1 aliphatic heterocycles. The molecule has 0 aromatic heterocycles. The van der Waals surface area contributed by atoms with Crippen LogP contribution in [-0.4, -0.2) is 24.7 Å². The van der Waals surface area contributed by atoms with E-state index in [1.807, 2.05) is 0 Å². The fraction of sp³-hybridized carbons (Fsp3) is 1.00. The topological polar surface area (TPSA) is 24.1 Å². The van der Waals surface area contributed by atoms with Crippen molar-refractivity contribution in [1.29, 1.82) is 0 Å². The number of hydrogen-bond acceptors (Lipinski definition) is 2. The second-order valence-electron chi connectivity index (χ2n) is 7.07. The molecule has 19 heavy (non-hydrogen) atoms. The van der Waals surface area contributed by atoms with Crippen molar-refractivity contribution in [2.75, 3.05) is 6.54 Å². The van der Waals surface area contributed by atoms with Gasteiger partial charge in [0.05, 0.1) is 0 Å². The molecule has 1 heterocycles. The van der Waals surface area contributed by atoms with Crippen LogP contribution < -0.4 is 10.6 Å². The Morgan fingerprint density at radius 2 is 1.89 bits per heavy atom. The van der Waals surface area contributed by atoms with Crippen LogP contribution in [0.3, 0.4) is 0 Å². The minimum atomic E-state index is 0.682. The third-order valence-corrected chi connectivity index (χ3v) is 5.39. The first kappa shape index (κ1) is 15.3. The van der Waals surface area contributed by atoms with E-state index in [9.17, 15) is 0 Å². The van der Waals surface area contributed by atoms with Gasteiger partial charge in [0.1, 0.15) is 0 Å². The maximum Gasteiger partial charge on any atom is 0.0113 e. The summed E-state index contributed by atoms with van der Waals surface area (Å²) < 4.78 is 0. The van der Waals surface area contributed by atoms with Crippen LogP contribution in [0.5, 0.6) is 0 Å². The number of nitrogens with one attached hydrogen (secondary N) is 2. The summed E-state index contributed by atoms with van der Waals surface area (Å²) in [5.41, 5.74) is 0. The molecule has 1 saturated carbocycles. The Morgan fingerprint density at radius 1 is 1.11 bits per heavy atom. The molecule has 0 spiro atoms. The quantitative estimate of drug-likeness (QED) is 0.766. The second-order valence-corrected chi connectivity index (χ2v) is 7.07. The van der Waals surface area contributed by atoms with Crippen LogP contribution in [-0.2, 0) is 0 Å². The highest BCUT2D eigenvalue weighted by molar-refractivity contribution is 4.92. The first-order valence-electron chi connectivity index (χ1n) is 8.70. The molecule has 5 atom stereocenters. The zero-order chi connectivity index (χ0) is 13.7. The van der Waals surface area contributed by atoms with Crippen molar-refractivity contribution >= 4 is 0 Å². The molecule has 1 saturated heterocycles. The predicted octanol–water partition coefficient (Wildman–Crippen LogP) is 3.71. The number of hydrogen-bond donors (Lipinski definition) is 2. The van der Waals surface area contributed by atoms with Crippen LogP contribution in [0.1, 0.15) is 72.1 Å². The Labute approximate surface area is 120 Å². The molecule has 2 aliphatic rings. The van der Waals surface area contributed by atoms with Gasteiger partial charge in [0, 0.05) is 18.1 Å². The van der Waals surface area contributed by atoms with Crippen molar-refractivity contribution in [2.45, 2.75) is 90.3 Å². The molecule has 112 valence electrons. The van der Waals surface area contributed by atoms with Crippen molar-refractivity contribution < 1.29 is 0 Å². The smallest absolute Gasteiger partial charge is 0.0113 e. The first-order valence-corrected chi connectivity index (χ1v) is 8.70. The van der Waals surface area contributed by atoms with E-state index in [0.29, 0.717) is 6.04 Å². The van der Waals surface area contributed by atoms with Crippen LogP contribution in [0.15, 0.2) is 0 Å². The predicted molar refractivity (Wildman–Crippen MR) is 83.4 cm³/mol. The molecular weight excluding hydrogens is 232 g/mol. The fourth-order valence-corrected chi connectivity index (χ4v) is 4.13. The van der Waals surface area contributed by atoms with Gasteiger partial charge in [-0.25, -0.2) is 0 Å². The molecule has 1 aliphatic carbocycles. The molecule has 0 radical (unpaired) electrons. The van der Waals surface area contributed by atoms with Gasteiger partial charge in [-0.15, -0.1) is 0 Å². The molecule has 2 fully saturated rings. The zero-order valence-corrected chi connectivity index (χ0v) is 13.3. The van der Waals surface area contributed by atoms with Gasteiger partial charge < -0.3 is 10.6 Å². The van der Waals surface area contributed by atoms with E-state index >= 15 is 0 Å². The largest absolute Gasteiger partial charge is 0.314 e. The highest BCUT2D eigenvalue weighted by Crippen LogP contribution is 2.31. The van der Waals surface area contributed by atoms with Crippen LogP contribution >= 0.6 is 0 Å². The van der Waals surface area contributed by atoms with E-state index in [1.165, 1.54) is 57.9 Å². The van der Waals surface area contributed by atoms with E-state index in [-0.39, 0.29) is 0 Å². The summed E-state index contributed by atoms with van der Waals surface area (Å²) in [6.45, 7) is 8.33. The molecule has 0 amide bonds. The van der Waals surface area contributed by atoms with Gasteiger partial charge in [-0.1, -0.05) is 33.1 Å². The lowest BCUT2D eigenvalue weighted by atomic mass is 9.78. The van der Waals surface area contributed by atoms with Gasteiger partial charge >= 0.3 is 0 Å². The number of rotatable bonds is 6. The molecule has 2 nitrogen and oxygen atoms in total. The average Bonchev–Trinajstić information content (AvgIpc) is 2.93. The van der Waals surface area contributed by atoms with Crippen LogP contribution in [0.25, 0.3) is 0 Å². The lowest BCUT2D eigenvalue weighted by molar-refractivity contribution is 0.196. The summed E-state index contributed by atoms with van der Waals surface area (Å²) in [6.07, 6.45) is 11.1. The van der Waals surface area contributed by atoms with Crippen LogP contribution in [0, 0.1) is 11.8 Å². The standard InChI is InChI=1S/C17H34N2/c1-4-13(2)12-14(3)19-17-9-6-5-8-15(17)16-10-7-11-18-16/h13-19H,4-12H2,1-3H3. The Bertz CT molecular complexity index is 248. The summed E-state index contributed by atoms with van der Waals surface area (Å²) in [5, 5.41) is 7.71. The third kappa shape index (κ3) is 4.46. The SMILES string of the molecule is CCC(C)CC(C)NC1CCCCC1C1CCCN1. The van der Waals surface area contributed by atoms with Gasteiger partial charge in [-0.2, -0.15) is 0 Å². The van der Waals surface area contributed by atoms with E-state index in [2.05, 4.69) is 31.4 Å². The highest BCUT2D eigenvalue weighted by Gasteiger charge is 2.33. The summed E-state index contributed by atoms with van der Waals surface area (Å²) in [7, 11) is 0. The van der Waals surface area contributed by atoms with E-state index in [1.54, 1.807) is 0 Å². The van der Waals surface area contributed by atoms with Gasteiger partial charge in [-0.3, -0.25) is 0 Å². The normalized spacial score (nSPS) is 35.2. The van der Waals surface area contributed by atoms with Gasteiger partial charge in [0.25, 0.3) is 0 Å². The van der Waals surface area contributed by atoms with Gasteiger partial charge in [-0.05, 0) is 57.4 Å². The molecule has 2 heteroatoms. The molecule has 5 unspecified atom stereocenters. The van der Waals surface area contributed by atoms with Crippen molar-refractivity contribution in [3.05, 3.63) is 0 Å². The van der Waals surface area contributed by atoms with Crippen LogP contribution in [0.2, 0.25) is 0 Å². The Balaban J connectivity index is 1.84. The second kappa shape index (κ2) is 7.64. The van der Waals surface area contributed by atoms with E-state index in [0.717, 1.165) is 23.9 Å². The molecule has 0 bridgehead atoms. The Hall–Kier alpha value is -0.0800. The maximum atomic E-state index is 3.97. The summed E-state index contributed by atoms with van der Waals surface area (Å²) in [4.78, 5) is 0. The monoisotopic (exact) mass is 266 g/mol. The molecular formula is C17H34N2. The van der Waals surface area contributed by atoms with Crippen molar-refractivity contribution in [2.24, 2.45) is 11.8 Å². The minimum absolute atomic E-state index is 0.682. The lowest BCUT2D eigenvalue weighted by Gasteiger charge is -2.38. The summed E-state index contributed by atoms with van der Waals surface area (Å²) in [6, 6.07) is 2.25. The lowest BCUT2D eigenvalue weighted by Crippen LogP contribution is -2.49. The van der Waals surface area contributed by atoms with E-state index in [4.69, 9.17) is 0 Å². The Kier molecular flexibility index (Phi) is 6.15. The van der Waals surface area contributed by atoms with Gasteiger partial charge in [0.2, 0.25) is 0 Å². The van der Waals surface area contributed by atoms with Crippen molar-refractivity contribution in [3.8, 4) is 0 Å². The summed E-state index contributed by atoms with van der Waals surface area (Å²) in [5.74, 6) is 1.74. The molecule has 0 aromatic rings. The van der Waals surface area contributed by atoms with Crippen LogP contribution in [0.4, 0.5) is 0 Å². The molecule has 2 N–H and O–H groups in total. The highest BCUT2D eigenvalue weighted by atomic mass is 15.0. The van der Waals surface area contributed by atoms with Gasteiger partial charge in [0.15, 0.2) is 0 Å². The fourth-order valence-electron chi connectivity index (χ4n) is 4.13. The third-order valence-electron chi connectivity index (χ3n) is 5.39. The molecule has 0 aromatic carbocycles. The maximum absolute atomic E-state index is 3.97. The first-order chi connectivity index (χ1) is 9.20. The molecule has 2 rings (SSSR count). The minimum Gasteiger partial charge on any atom is -0.314 e. The Morgan fingerprint density at radius 3 is 2.58 bits per heavy atom.